The molecule has 1 saturated heterocycles. The van der Waals surface area contributed by atoms with Crippen LogP contribution in [0.2, 0.25) is 0 Å². The van der Waals surface area contributed by atoms with Gasteiger partial charge in [0.1, 0.15) is 0 Å². The number of benzene rings is 1. The van der Waals surface area contributed by atoms with Gasteiger partial charge in [0.2, 0.25) is 5.91 Å². The van der Waals surface area contributed by atoms with Gasteiger partial charge in [0.15, 0.2) is 0 Å². The Bertz CT molecular complexity index is 494. The second-order valence-corrected chi connectivity index (χ2v) is 6.07. The van der Waals surface area contributed by atoms with Crippen LogP contribution in [0.5, 0.6) is 0 Å². The Hall–Kier alpha value is -1.49. The number of hydrogen-bond donors (Lipinski definition) is 1. The Balaban J connectivity index is 1.92. The number of carbonyl (C=O) groups excluding carboxylic acids is 2. The number of hydrogen-bond acceptors (Lipinski definition) is 3. The van der Waals surface area contributed by atoms with E-state index in [0.29, 0.717) is 19.6 Å². The fourth-order valence-electron chi connectivity index (χ4n) is 2.58. The van der Waals surface area contributed by atoms with E-state index >= 15 is 0 Å². The summed E-state index contributed by atoms with van der Waals surface area (Å²) in [5.74, 6) is 0.235. The van der Waals surface area contributed by atoms with Crippen LogP contribution in [0.15, 0.2) is 29.2 Å². The molecule has 1 N–H and O–H groups in total. The third-order valence-electron chi connectivity index (χ3n) is 3.84. The maximum Gasteiger partial charge on any atom is 0.253 e. The molecule has 1 aliphatic rings. The van der Waals surface area contributed by atoms with Gasteiger partial charge in [0, 0.05) is 36.0 Å². The van der Waals surface area contributed by atoms with Crippen molar-refractivity contribution in [1.82, 2.24) is 10.2 Å². The molecule has 2 rings (SSSR count). The van der Waals surface area contributed by atoms with E-state index in [0.717, 1.165) is 23.3 Å². The minimum Gasteiger partial charge on any atom is -0.356 e. The maximum atomic E-state index is 12.4. The molecule has 1 aromatic carbocycles. The van der Waals surface area contributed by atoms with E-state index < -0.39 is 0 Å². The van der Waals surface area contributed by atoms with Gasteiger partial charge in [-0.15, -0.1) is 11.8 Å². The zero-order valence-corrected chi connectivity index (χ0v) is 13.4. The number of piperidine rings is 1. The van der Waals surface area contributed by atoms with Crippen LogP contribution >= 0.6 is 11.8 Å². The van der Waals surface area contributed by atoms with Crippen LogP contribution in [0.4, 0.5) is 0 Å². The van der Waals surface area contributed by atoms with Crippen molar-refractivity contribution in [1.29, 1.82) is 0 Å². The van der Waals surface area contributed by atoms with Crippen molar-refractivity contribution >= 4 is 23.6 Å². The number of nitrogens with zero attached hydrogens (tertiary/aromatic N) is 1. The van der Waals surface area contributed by atoms with Crippen LogP contribution in [0.1, 0.15) is 30.1 Å². The van der Waals surface area contributed by atoms with Crippen LogP contribution in [0.25, 0.3) is 0 Å². The molecule has 0 aliphatic carbocycles. The van der Waals surface area contributed by atoms with E-state index in [4.69, 9.17) is 0 Å². The van der Waals surface area contributed by atoms with Gasteiger partial charge in [0.25, 0.3) is 5.91 Å². The van der Waals surface area contributed by atoms with Crippen molar-refractivity contribution in [2.45, 2.75) is 24.7 Å². The van der Waals surface area contributed by atoms with Gasteiger partial charge in [-0.25, -0.2) is 0 Å². The number of rotatable bonds is 4. The normalized spacial score (nSPS) is 15.8. The minimum absolute atomic E-state index is 0.0490. The van der Waals surface area contributed by atoms with Crippen LogP contribution in [-0.4, -0.2) is 42.6 Å². The third-order valence-corrected chi connectivity index (χ3v) is 4.58. The Morgan fingerprint density at radius 2 is 1.86 bits per heavy atom. The lowest BCUT2D eigenvalue weighted by atomic mass is 9.95. The van der Waals surface area contributed by atoms with Gasteiger partial charge < -0.3 is 10.2 Å². The second-order valence-electron chi connectivity index (χ2n) is 5.19. The first-order valence-corrected chi connectivity index (χ1v) is 8.59. The average molecular weight is 306 g/mol. The maximum absolute atomic E-state index is 12.4. The fraction of sp³-hybridized carbons (Fsp3) is 0.500. The van der Waals surface area contributed by atoms with Crippen molar-refractivity contribution < 1.29 is 9.59 Å². The van der Waals surface area contributed by atoms with E-state index in [-0.39, 0.29) is 17.7 Å². The zero-order valence-electron chi connectivity index (χ0n) is 12.6. The summed E-state index contributed by atoms with van der Waals surface area (Å²) in [4.78, 5) is 27.2. The highest BCUT2D eigenvalue weighted by Gasteiger charge is 2.27. The fourth-order valence-corrected chi connectivity index (χ4v) is 2.99. The molecule has 0 spiro atoms. The first-order valence-electron chi connectivity index (χ1n) is 7.36. The highest BCUT2D eigenvalue weighted by molar-refractivity contribution is 7.98. The molecular weight excluding hydrogens is 284 g/mol. The van der Waals surface area contributed by atoms with Crippen LogP contribution < -0.4 is 5.32 Å². The van der Waals surface area contributed by atoms with Gasteiger partial charge >= 0.3 is 0 Å². The van der Waals surface area contributed by atoms with Gasteiger partial charge in [-0.3, -0.25) is 9.59 Å². The van der Waals surface area contributed by atoms with E-state index in [1.165, 1.54) is 0 Å². The molecule has 0 bridgehead atoms. The van der Waals surface area contributed by atoms with E-state index in [1.54, 1.807) is 11.8 Å². The van der Waals surface area contributed by atoms with E-state index in [2.05, 4.69) is 5.32 Å². The summed E-state index contributed by atoms with van der Waals surface area (Å²) >= 11 is 1.66. The summed E-state index contributed by atoms with van der Waals surface area (Å²) < 4.78 is 0. The third kappa shape index (κ3) is 4.00. The van der Waals surface area contributed by atoms with Crippen molar-refractivity contribution in [3.05, 3.63) is 29.8 Å². The lowest BCUT2D eigenvalue weighted by molar-refractivity contribution is -0.126. The van der Waals surface area contributed by atoms with Gasteiger partial charge in [-0.1, -0.05) is 0 Å². The number of amides is 2. The molecule has 1 aliphatic heterocycles. The Kier molecular flexibility index (Phi) is 5.67. The lowest BCUT2D eigenvalue weighted by Crippen LogP contribution is -2.43. The first kappa shape index (κ1) is 15.9. The quantitative estimate of drug-likeness (QED) is 0.869. The van der Waals surface area contributed by atoms with Gasteiger partial charge in [-0.2, -0.15) is 0 Å². The monoisotopic (exact) mass is 306 g/mol. The van der Waals surface area contributed by atoms with Gasteiger partial charge in [-0.05, 0) is 50.3 Å². The van der Waals surface area contributed by atoms with Crippen molar-refractivity contribution in [3.63, 3.8) is 0 Å². The topological polar surface area (TPSA) is 49.4 Å². The Morgan fingerprint density at radius 1 is 1.24 bits per heavy atom. The van der Waals surface area contributed by atoms with Gasteiger partial charge in [0.05, 0.1) is 0 Å². The first-order chi connectivity index (χ1) is 10.2. The van der Waals surface area contributed by atoms with Crippen molar-refractivity contribution in [2.75, 3.05) is 25.9 Å². The molecule has 1 fully saturated rings. The highest BCUT2D eigenvalue weighted by atomic mass is 32.2. The SMILES string of the molecule is CCNC(=O)C1CCN(C(=O)c2ccc(SC)cc2)CC1. The minimum atomic E-state index is 0.0490. The van der Waals surface area contributed by atoms with Crippen molar-refractivity contribution in [2.24, 2.45) is 5.92 Å². The summed E-state index contributed by atoms with van der Waals surface area (Å²) in [6.07, 6.45) is 3.52. The summed E-state index contributed by atoms with van der Waals surface area (Å²) in [5, 5.41) is 2.86. The number of carbonyl (C=O) groups is 2. The molecule has 0 saturated carbocycles. The van der Waals surface area contributed by atoms with Crippen LogP contribution in [-0.2, 0) is 4.79 Å². The molecule has 1 heterocycles. The molecule has 4 nitrogen and oxygen atoms in total. The molecule has 0 aromatic heterocycles. The summed E-state index contributed by atoms with van der Waals surface area (Å²) in [7, 11) is 0. The van der Waals surface area contributed by atoms with E-state index in [9.17, 15) is 9.59 Å². The average Bonchev–Trinajstić information content (AvgIpc) is 2.54. The molecule has 21 heavy (non-hydrogen) atoms. The second kappa shape index (κ2) is 7.50. The van der Waals surface area contributed by atoms with E-state index in [1.807, 2.05) is 42.3 Å². The highest BCUT2D eigenvalue weighted by Crippen LogP contribution is 2.20. The molecule has 1 aromatic rings. The Labute approximate surface area is 130 Å². The molecule has 0 radical (unpaired) electrons. The molecule has 2 amide bonds. The molecule has 5 heteroatoms. The Morgan fingerprint density at radius 3 is 2.38 bits per heavy atom. The smallest absolute Gasteiger partial charge is 0.253 e. The largest absolute Gasteiger partial charge is 0.356 e. The number of nitrogens with one attached hydrogen (secondary N) is 1. The molecule has 0 unspecified atom stereocenters. The number of thioether (sulfide) groups is 1. The zero-order chi connectivity index (χ0) is 15.2. The molecule has 114 valence electrons. The molecular formula is C16H22N2O2S. The lowest BCUT2D eigenvalue weighted by Gasteiger charge is -2.31. The number of likely N-dealkylation sites (tertiary alicyclic amines) is 1. The summed E-state index contributed by atoms with van der Waals surface area (Å²) in [5.41, 5.74) is 0.726. The van der Waals surface area contributed by atoms with Crippen LogP contribution in [0, 0.1) is 5.92 Å². The molecule has 0 atom stereocenters. The summed E-state index contributed by atoms with van der Waals surface area (Å²) in [6.45, 7) is 3.91. The standard InChI is InChI=1S/C16H22N2O2S/c1-3-17-15(19)12-8-10-18(11-9-12)16(20)13-4-6-14(21-2)7-5-13/h4-7,12H,3,8-11H2,1-2H3,(H,17,19). The predicted molar refractivity (Wildman–Crippen MR) is 85.5 cm³/mol. The van der Waals surface area contributed by atoms with Crippen molar-refractivity contribution in [3.8, 4) is 0 Å². The predicted octanol–water partition coefficient (Wildman–Crippen LogP) is 2.40. The van der Waals surface area contributed by atoms with Crippen LogP contribution in [0.3, 0.4) is 0 Å². The summed E-state index contributed by atoms with van der Waals surface area (Å²) in [6, 6.07) is 7.70.